The lowest BCUT2D eigenvalue weighted by atomic mass is 9.84. The van der Waals surface area contributed by atoms with Crippen molar-refractivity contribution >= 4 is 18.3 Å². The summed E-state index contributed by atoms with van der Waals surface area (Å²) < 4.78 is 41.5. The van der Waals surface area contributed by atoms with Crippen LogP contribution >= 0.6 is 12.4 Å². The average Bonchev–Trinajstić information content (AvgIpc) is 3.14. The van der Waals surface area contributed by atoms with Crippen LogP contribution in [0.1, 0.15) is 18.4 Å². The molecular weight excluding hydrogens is 355 g/mol. The van der Waals surface area contributed by atoms with Crippen LogP contribution in [-0.4, -0.2) is 54.1 Å². The van der Waals surface area contributed by atoms with E-state index in [0.717, 1.165) is 5.56 Å². The highest BCUT2D eigenvalue weighted by Crippen LogP contribution is 2.47. The number of nitrogens with two attached hydrogens (primary N) is 1. The zero-order chi connectivity index (χ0) is 17.4. The number of rotatable bonds is 3. The topological polar surface area (TPSA) is 49.6 Å². The zero-order valence-electron chi connectivity index (χ0n) is 13.8. The average molecular weight is 378 g/mol. The predicted molar refractivity (Wildman–Crippen MR) is 91.2 cm³/mol. The number of benzene rings is 1. The Morgan fingerprint density at radius 1 is 1.24 bits per heavy atom. The number of halogens is 4. The molecule has 0 radical (unpaired) electrons. The van der Waals surface area contributed by atoms with Gasteiger partial charge >= 0.3 is 6.18 Å². The predicted octanol–water partition coefficient (Wildman–Crippen LogP) is 2.42. The van der Waals surface area contributed by atoms with Crippen molar-refractivity contribution in [2.24, 2.45) is 11.1 Å². The van der Waals surface area contributed by atoms with Gasteiger partial charge in [0.15, 0.2) is 5.41 Å². The summed E-state index contributed by atoms with van der Waals surface area (Å²) in [6.45, 7) is 0.938. The van der Waals surface area contributed by atoms with Gasteiger partial charge in [-0.2, -0.15) is 13.2 Å². The molecule has 2 aliphatic heterocycles. The van der Waals surface area contributed by atoms with Crippen molar-refractivity contribution in [3.63, 3.8) is 0 Å². The van der Waals surface area contributed by atoms with Crippen molar-refractivity contribution in [3.05, 3.63) is 35.9 Å². The highest BCUT2D eigenvalue weighted by atomic mass is 35.5. The third-order valence-corrected chi connectivity index (χ3v) is 5.06. The van der Waals surface area contributed by atoms with Gasteiger partial charge in [-0.05, 0) is 24.9 Å². The second kappa shape index (κ2) is 7.51. The quantitative estimate of drug-likeness (QED) is 0.880. The summed E-state index contributed by atoms with van der Waals surface area (Å²) in [4.78, 5) is 15.7. The molecular formula is C17H23ClF3N3O. The fourth-order valence-electron chi connectivity index (χ4n) is 3.67. The summed E-state index contributed by atoms with van der Waals surface area (Å²) >= 11 is 0. The molecule has 1 aromatic rings. The fraction of sp³-hybridized carbons (Fsp3) is 0.588. The Hall–Kier alpha value is -1.31. The van der Waals surface area contributed by atoms with Crippen molar-refractivity contribution in [1.82, 2.24) is 9.80 Å². The fourth-order valence-corrected chi connectivity index (χ4v) is 3.67. The van der Waals surface area contributed by atoms with Gasteiger partial charge in [0.25, 0.3) is 0 Å². The number of alkyl halides is 3. The molecule has 3 rings (SSSR count). The van der Waals surface area contributed by atoms with E-state index in [-0.39, 0.29) is 44.5 Å². The summed E-state index contributed by atoms with van der Waals surface area (Å²) in [5.41, 5.74) is 4.41. The Morgan fingerprint density at radius 2 is 1.92 bits per heavy atom. The molecule has 8 heteroatoms. The van der Waals surface area contributed by atoms with Crippen molar-refractivity contribution in [2.75, 3.05) is 26.2 Å². The Kier molecular flexibility index (Phi) is 6.01. The van der Waals surface area contributed by atoms with Gasteiger partial charge in [0.2, 0.25) is 5.91 Å². The van der Waals surface area contributed by atoms with Gasteiger partial charge in [0.1, 0.15) is 0 Å². The van der Waals surface area contributed by atoms with Crippen molar-refractivity contribution in [3.8, 4) is 0 Å². The van der Waals surface area contributed by atoms with Gasteiger partial charge in [-0.3, -0.25) is 9.69 Å². The normalized spacial score (nSPS) is 27.4. The lowest BCUT2D eigenvalue weighted by Gasteiger charge is -2.34. The van der Waals surface area contributed by atoms with Crippen molar-refractivity contribution < 1.29 is 18.0 Å². The molecule has 0 bridgehead atoms. The van der Waals surface area contributed by atoms with E-state index in [9.17, 15) is 18.0 Å². The summed E-state index contributed by atoms with van der Waals surface area (Å²) in [5.74, 6) is -0.807. The number of hydrogen-bond donors (Lipinski definition) is 1. The second-order valence-corrected chi connectivity index (χ2v) is 6.83. The lowest BCUT2D eigenvalue weighted by molar-refractivity contribution is -0.223. The standard InChI is InChI=1S/C17H22F3N3O.ClH/c18-17(19,20)16(15(24)23-8-6-14(21)11-23)7-9-22(12-16)10-13-4-2-1-3-5-13;/h1-5,14H,6-12,21H2;1H/t14-,16?;/m1./s1. The van der Waals surface area contributed by atoms with E-state index in [4.69, 9.17) is 5.73 Å². The van der Waals surface area contributed by atoms with E-state index in [1.165, 1.54) is 4.90 Å². The second-order valence-electron chi connectivity index (χ2n) is 6.83. The number of hydrogen-bond acceptors (Lipinski definition) is 3. The van der Waals surface area contributed by atoms with E-state index >= 15 is 0 Å². The van der Waals surface area contributed by atoms with E-state index in [1.807, 2.05) is 30.3 Å². The molecule has 0 spiro atoms. The van der Waals surface area contributed by atoms with Crippen LogP contribution in [0.5, 0.6) is 0 Å². The van der Waals surface area contributed by atoms with Crippen LogP contribution in [0.25, 0.3) is 0 Å². The maximum atomic E-state index is 13.8. The highest BCUT2D eigenvalue weighted by molar-refractivity contribution is 5.85. The summed E-state index contributed by atoms with van der Waals surface area (Å²) in [6, 6.07) is 9.14. The molecule has 2 N–H and O–H groups in total. The maximum absolute atomic E-state index is 13.8. The monoisotopic (exact) mass is 377 g/mol. The summed E-state index contributed by atoms with van der Waals surface area (Å²) in [5, 5.41) is 0. The first kappa shape index (κ1) is 20.0. The Balaban J connectivity index is 0.00000225. The number of amides is 1. The summed E-state index contributed by atoms with van der Waals surface area (Å²) in [6.07, 6.45) is -4.18. The molecule has 2 heterocycles. The minimum absolute atomic E-state index is 0. The molecule has 2 fully saturated rings. The van der Waals surface area contributed by atoms with Crippen LogP contribution in [0.15, 0.2) is 30.3 Å². The smallest absolute Gasteiger partial charge is 0.340 e. The van der Waals surface area contributed by atoms with E-state index in [1.54, 1.807) is 4.90 Å². The zero-order valence-corrected chi connectivity index (χ0v) is 14.7. The first-order valence-electron chi connectivity index (χ1n) is 8.20. The van der Waals surface area contributed by atoms with Gasteiger partial charge in [0, 0.05) is 32.2 Å². The number of carbonyl (C=O) groups is 1. The molecule has 0 aliphatic carbocycles. The van der Waals surface area contributed by atoms with Crippen LogP contribution in [0.2, 0.25) is 0 Å². The number of carbonyl (C=O) groups excluding carboxylic acids is 1. The maximum Gasteiger partial charge on any atom is 0.404 e. The van der Waals surface area contributed by atoms with Gasteiger partial charge in [-0.1, -0.05) is 30.3 Å². The van der Waals surface area contributed by atoms with E-state index in [2.05, 4.69) is 0 Å². The Bertz CT molecular complexity index is 599. The minimum Gasteiger partial charge on any atom is -0.340 e. The molecule has 0 saturated carbocycles. The molecule has 2 atom stereocenters. The van der Waals surface area contributed by atoms with Crippen LogP contribution in [0.4, 0.5) is 13.2 Å². The van der Waals surface area contributed by atoms with E-state index < -0.39 is 17.5 Å². The van der Waals surface area contributed by atoms with Gasteiger partial charge < -0.3 is 10.6 Å². The Morgan fingerprint density at radius 3 is 2.48 bits per heavy atom. The largest absolute Gasteiger partial charge is 0.404 e. The summed E-state index contributed by atoms with van der Waals surface area (Å²) in [7, 11) is 0. The first-order chi connectivity index (χ1) is 11.3. The first-order valence-corrected chi connectivity index (χ1v) is 8.20. The SMILES string of the molecule is Cl.N[C@@H]1CCN(C(=O)C2(C(F)(F)F)CCN(Cc3ccccc3)C2)C1. The number of likely N-dealkylation sites (tertiary alicyclic amines) is 2. The third-order valence-electron chi connectivity index (χ3n) is 5.06. The molecule has 4 nitrogen and oxygen atoms in total. The van der Waals surface area contributed by atoms with Crippen LogP contribution < -0.4 is 5.73 Å². The van der Waals surface area contributed by atoms with Crippen LogP contribution in [0.3, 0.4) is 0 Å². The van der Waals surface area contributed by atoms with Gasteiger partial charge in [-0.25, -0.2) is 0 Å². The molecule has 2 saturated heterocycles. The third kappa shape index (κ3) is 3.93. The molecule has 140 valence electrons. The molecule has 1 amide bonds. The van der Waals surface area contributed by atoms with Crippen LogP contribution in [-0.2, 0) is 11.3 Å². The molecule has 2 aliphatic rings. The Labute approximate surface area is 151 Å². The van der Waals surface area contributed by atoms with Crippen molar-refractivity contribution in [1.29, 1.82) is 0 Å². The number of nitrogens with zero attached hydrogens (tertiary/aromatic N) is 2. The molecule has 0 aromatic heterocycles. The van der Waals surface area contributed by atoms with Crippen molar-refractivity contribution in [2.45, 2.75) is 31.6 Å². The highest BCUT2D eigenvalue weighted by Gasteiger charge is 2.64. The molecule has 25 heavy (non-hydrogen) atoms. The minimum atomic E-state index is -4.55. The molecule has 1 unspecified atom stereocenters. The molecule has 1 aromatic carbocycles. The van der Waals surface area contributed by atoms with E-state index in [0.29, 0.717) is 19.5 Å². The lowest BCUT2D eigenvalue weighted by Crippen LogP contribution is -2.53. The van der Waals surface area contributed by atoms with Crippen LogP contribution in [0, 0.1) is 5.41 Å². The van der Waals surface area contributed by atoms with Gasteiger partial charge in [-0.15, -0.1) is 12.4 Å². The van der Waals surface area contributed by atoms with Gasteiger partial charge in [0.05, 0.1) is 0 Å².